The Labute approximate surface area is 112 Å². The summed E-state index contributed by atoms with van der Waals surface area (Å²) in [6, 6.07) is 1.18. The van der Waals surface area contributed by atoms with E-state index in [1.54, 1.807) is 6.92 Å². The molecule has 0 fully saturated rings. The number of aryl methyl sites for hydroxylation is 1. The number of ketones is 1. The van der Waals surface area contributed by atoms with E-state index in [1.165, 1.54) is 13.0 Å². The van der Waals surface area contributed by atoms with Crippen molar-refractivity contribution in [3.05, 3.63) is 37.7 Å². The molecule has 0 spiro atoms. The van der Waals surface area contributed by atoms with E-state index >= 15 is 0 Å². The summed E-state index contributed by atoms with van der Waals surface area (Å²) in [6.07, 6.45) is 0. The molecule has 0 saturated heterocycles. The van der Waals surface area contributed by atoms with Crippen LogP contribution in [-0.4, -0.2) is 10.9 Å². The summed E-state index contributed by atoms with van der Waals surface area (Å²) < 4.78 is 4.93. The maximum absolute atomic E-state index is 11.5. The fourth-order valence-corrected chi connectivity index (χ4v) is 2.36. The molecule has 0 aliphatic rings. The molecule has 6 heteroatoms. The van der Waals surface area contributed by atoms with Crippen LogP contribution in [0, 0.1) is 6.92 Å². The maximum Gasteiger partial charge on any atom is 0.356 e. The van der Waals surface area contributed by atoms with E-state index in [9.17, 15) is 14.7 Å². The summed E-state index contributed by atoms with van der Waals surface area (Å²) in [5.41, 5.74) is -0.139. The molecule has 1 aromatic carbocycles. The van der Waals surface area contributed by atoms with Crippen LogP contribution in [0.25, 0.3) is 11.0 Å². The molecule has 2 rings (SSSR count). The summed E-state index contributed by atoms with van der Waals surface area (Å²) in [7, 11) is 0. The van der Waals surface area contributed by atoms with Crippen LogP contribution in [-0.2, 0) is 0 Å². The molecule has 94 valence electrons. The highest BCUT2D eigenvalue weighted by Crippen LogP contribution is 2.36. The quantitative estimate of drug-likeness (QED) is 0.645. The van der Waals surface area contributed by atoms with Gasteiger partial charge in [-0.3, -0.25) is 4.79 Å². The van der Waals surface area contributed by atoms with Crippen molar-refractivity contribution in [2.45, 2.75) is 13.8 Å². The van der Waals surface area contributed by atoms with Crippen LogP contribution in [0.15, 0.2) is 15.3 Å². The van der Waals surface area contributed by atoms with E-state index in [4.69, 9.17) is 27.6 Å². The topological polar surface area (TPSA) is 67.5 Å². The van der Waals surface area contributed by atoms with Crippen LogP contribution in [0.5, 0.6) is 5.75 Å². The first-order valence-electron chi connectivity index (χ1n) is 5.00. The molecular formula is C12H8Cl2O4. The lowest BCUT2D eigenvalue weighted by molar-refractivity contribution is 0.101. The number of benzene rings is 1. The number of phenols is 1. The third-order valence-corrected chi connectivity index (χ3v) is 3.48. The number of carbonyl (C=O) groups excluding carboxylic acids is 1. The number of aromatic hydroxyl groups is 1. The lowest BCUT2D eigenvalue weighted by Gasteiger charge is -2.10. The van der Waals surface area contributed by atoms with Gasteiger partial charge in [-0.1, -0.05) is 23.2 Å². The number of rotatable bonds is 1. The molecule has 0 amide bonds. The summed E-state index contributed by atoms with van der Waals surface area (Å²) in [6.45, 7) is 2.92. The minimum atomic E-state index is -0.788. The largest absolute Gasteiger partial charge is 0.507 e. The van der Waals surface area contributed by atoms with Crippen LogP contribution in [0.3, 0.4) is 0 Å². The summed E-state index contributed by atoms with van der Waals surface area (Å²) in [4.78, 5) is 22.8. The van der Waals surface area contributed by atoms with Gasteiger partial charge in [-0.25, -0.2) is 4.79 Å². The van der Waals surface area contributed by atoms with Crippen molar-refractivity contribution in [1.82, 2.24) is 0 Å². The standard InChI is InChI=1S/C12H8Cl2O4/c1-4-8(5(2)15)6(16)3-7-9(4)10(13)11(14)12(17)18-7/h3,16H,1-2H3. The van der Waals surface area contributed by atoms with Crippen molar-refractivity contribution in [3.8, 4) is 5.75 Å². The van der Waals surface area contributed by atoms with Gasteiger partial charge in [0.25, 0.3) is 0 Å². The minimum absolute atomic E-state index is 0.0166. The van der Waals surface area contributed by atoms with E-state index in [0.29, 0.717) is 10.9 Å². The Hall–Kier alpha value is -1.52. The molecule has 0 saturated carbocycles. The fourth-order valence-electron chi connectivity index (χ4n) is 1.91. The van der Waals surface area contributed by atoms with Crippen molar-refractivity contribution in [3.63, 3.8) is 0 Å². The molecular weight excluding hydrogens is 279 g/mol. The van der Waals surface area contributed by atoms with Gasteiger partial charge in [0.15, 0.2) is 5.78 Å². The highest BCUT2D eigenvalue weighted by Gasteiger charge is 2.19. The van der Waals surface area contributed by atoms with Gasteiger partial charge in [0.1, 0.15) is 16.4 Å². The van der Waals surface area contributed by atoms with E-state index in [0.717, 1.165) is 0 Å². The van der Waals surface area contributed by atoms with Crippen molar-refractivity contribution in [2.75, 3.05) is 0 Å². The molecule has 0 bridgehead atoms. The van der Waals surface area contributed by atoms with Crippen LogP contribution in [0.2, 0.25) is 10.0 Å². The Balaban J connectivity index is 3.07. The normalized spacial score (nSPS) is 10.9. The predicted molar refractivity (Wildman–Crippen MR) is 68.9 cm³/mol. The van der Waals surface area contributed by atoms with Crippen LogP contribution >= 0.6 is 23.2 Å². The van der Waals surface area contributed by atoms with Gasteiger partial charge < -0.3 is 9.52 Å². The van der Waals surface area contributed by atoms with Crippen LogP contribution in [0.4, 0.5) is 0 Å². The van der Waals surface area contributed by atoms with Gasteiger partial charge in [0.2, 0.25) is 0 Å². The first-order valence-corrected chi connectivity index (χ1v) is 5.75. The molecule has 1 heterocycles. The smallest absolute Gasteiger partial charge is 0.356 e. The van der Waals surface area contributed by atoms with Crippen LogP contribution in [0.1, 0.15) is 22.8 Å². The van der Waals surface area contributed by atoms with Gasteiger partial charge in [0.05, 0.1) is 10.6 Å². The minimum Gasteiger partial charge on any atom is -0.507 e. The van der Waals surface area contributed by atoms with Gasteiger partial charge in [-0.05, 0) is 19.4 Å². The first-order chi connectivity index (χ1) is 8.34. The molecule has 1 aromatic heterocycles. The predicted octanol–water partition coefficient (Wildman–Crippen LogP) is 3.32. The summed E-state index contributed by atoms with van der Waals surface area (Å²) in [5.74, 6) is -0.570. The highest BCUT2D eigenvalue weighted by atomic mass is 35.5. The van der Waals surface area contributed by atoms with Gasteiger partial charge >= 0.3 is 5.63 Å². The van der Waals surface area contributed by atoms with Gasteiger partial charge in [0, 0.05) is 11.5 Å². The Morgan fingerprint density at radius 3 is 2.50 bits per heavy atom. The third-order valence-electron chi connectivity index (χ3n) is 2.67. The average Bonchev–Trinajstić information content (AvgIpc) is 2.24. The summed E-state index contributed by atoms with van der Waals surface area (Å²) in [5, 5.41) is 9.88. The Morgan fingerprint density at radius 1 is 1.33 bits per heavy atom. The molecule has 4 nitrogen and oxygen atoms in total. The fraction of sp³-hybridized carbons (Fsp3) is 0.167. The lowest BCUT2D eigenvalue weighted by Crippen LogP contribution is -2.03. The number of phenolic OH excluding ortho intramolecular Hbond substituents is 1. The van der Waals surface area contributed by atoms with Crippen molar-refractivity contribution in [2.24, 2.45) is 0 Å². The number of halogens is 2. The average molecular weight is 287 g/mol. The van der Waals surface area contributed by atoms with Crippen molar-refractivity contribution >= 4 is 40.0 Å². The zero-order valence-electron chi connectivity index (χ0n) is 9.51. The molecule has 0 aliphatic carbocycles. The monoisotopic (exact) mass is 286 g/mol. The number of Topliss-reactive ketones (excluding diaryl/α,β-unsaturated/α-hetero) is 1. The molecule has 18 heavy (non-hydrogen) atoms. The van der Waals surface area contributed by atoms with Crippen molar-refractivity contribution < 1.29 is 14.3 Å². The first kappa shape index (κ1) is 12.9. The third kappa shape index (κ3) is 1.78. The van der Waals surface area contributed by atoms with E-state index < -0.39 is 5.63 Å². The zero-order chi connectivity index (χ0) is 13.6. The number of fused-ring (bicyclic) bond motifs is 1. The molecule has 0 unspecified atom stereocenters. The maximum atomic E-state index is 11.5. The SMILES string of the molecule is CC(=O)c1c(O)cc2oc(=O)c(Cl)c(Cl)c2c1C. The number of hydrogen-bond acceptors (Lipinski definition) is 4. The second-order valence-corrected chi connectivity index (χ2v) is 4.60. The number of carbonyl (C=O) groups is 1. The number of hydrogen-bond donors (Lipinski definition) is 1. The van der Waals surface area contributed by atoms with E-state index in [-0.39, 0.29) is 32.7 Å². The Morgan fingerprint density at radius 2 is 1.94 bits per heavy atom. The second-order valence-electron chi connectivity index (χ2n) is 3.84. The highest BCUT2D eigenvalue weighted by molar-refractivity contribution is 6.45. The Bertz CT molecular complexity index is 731. The molecule has 0 radical (unpaired) electrons. The molecule has 2 aromatic rings. The van der Waals surface area contributed by atoms with Crippen LogP contribution < -0.4 is 5.63 Å². The Kier molecular flexibility index (Phi) is 3.09. The zero-order valence-corrected chi connectivity index (χ0v) is 11.0. The van der Waals surface area contributed by atoms with Crippen molar-refractivity contribution in [1.29, 1.82) is 0 Å². The van der Waals surface area contributed by atoms with Gasteiger partial charge in [-0.15, -0.1) is 0 Å². The van der Waals surface area contributed by atoms with E-state index in [1.807, 2.05) is 0 Å². The van der Waals surface area contributed by atoms with E-state index in [2.05, 4.69) is 0 Å². The second kappa shape index (κ2) is 4.30. The summed E-state index contributed by atoms with van der Waals surface area (Å²) >= 11 is 11.7. The lowest BCUT2D eigenvalue weighted by atomic mass is 10.00. The molecule has 0 atom stereocenters. The molecule has 0 aliphatic heterocycles. The van der Waals surface area contributed by atoms with Gasteiger partial charge in [-0.2, -0.15) is 0 Å². The molecule has 1 N–H and O–H groups in total.